The summed E-state index contributed by atoms with van der Waals surface area (Å²) in [5.74, 6) is -0.113. The second kappa shape index (κ2) is 9.74. The average molecular weight is 295 g/mol. The number of nitrogens with one attached hydrogen (secondary N) is 1. The largest absolute Gasteiger partial charge is 0.368 e. The lowest BCUT2D eigenvalue weighted by molar-refractivity contribution is 0.412. The highest BCUT2D eigenvalue weighted by atomic mass is 19.1. The predicted molar refractivity (Wildman–Crippen MR) is 89.5 cm³/mol. The van der Waals surface area contributed by atoms with Crippen molar-refractivity contribution in [3.63, 3.8) is 0 Å². The number of hydrogen-bond acceptors (Lipinski definition) is 3. The summed E-state index contributed by atoms with van der Waals surface area (Å²) in [6, 6.07) is 5.61. The summed E-state index contributed by atoms with van der Waals surface area (Å²) in [6.45, 7) is 8.63. The third-order valence-electron chi connectivity index (χ3n) is 3.42. The van der Waals surface area contributed by atoms with Crippen LogP contribution in [0.2, 0.25) is 0 Å². The SMILES string of the molecule is CCCNCc1ccc(N(CCC)CCN(C)C)c(F)c1. The van der Waals surface area contributed by atoms with Crippen molar-refractivity contribution in [2.24, 2.45) is 0 Å². The zero-order chi connectivity index (χ0) is 15.7. The smallest absolute Gasteiger partial charge is 0.146 e. The van der Waals surface area contributed by atoms with Crippen molar-refractivity contribution < 1.29 is 4.39 Å². The van der Waals surface area contributed by atoms with Gasteiger partial charge in [-0.05, 0) is 51.2 Å². The molecule has 1 aromatic carbocycles. The Labute approximate surface area is 129 Å². The van der Waals surface area contributed by atoms with Crippen LogP contribution in [0.4, 0.5) is 10.1 Å². The molecule has 0 aliphatic carbocycles. The molecule has 120 valence electrons. The van der Waals surface area contributed by atoms with Crippen molar-refractivity contribution in [1.82, 2.24) is 10.2 Å². The first-order valence-corrected chi connectivity index (χ1v) is 7.97. The molecular formula is C17H30FN3. The Morgan fingerprint density at radius 1 is 1.05 bits per heavy atom. The van der Waals surface area contributed by atoms with Crippen molar-refractivity contribution >= 4 is 5.69 Å². The van der Waals surface area contributed by atoms with Gasteiger partial charge in [0.25, 0.3) is 0 Å². The molecule has 0 saturated carbocycles. The molecule has 0 unspecified atom stereocenters. The number of likely N-dealkylation sites (N-methyl/N-ethyl adjacent to an activating group) is 1. The third-order valence-corrected chi connectivity index (χ3v) is 3.42. The zero-order valence-corrected chi connectivity index (χ0v) is 14.0. The van der Waals surface area contributed by atoms with Gasteiger partial charge in [0.1, 0.15) is 5.82 Å². The molecular weight excluding hydrogens is 265 g/mol. The molecule has 0 heterocycles. The van der Waals surface area contributed by atoms with Crippen LogP contribution in [0.1, 0.15) is 32.3 Å². The van der Waals surface area contributed by atoms with Gasteiger partial charge in [-0.3, -0.25) is 0 Å². The molecule has 0 spiro atoms. The van der Waals surface area contributed by atoms with Crippen molar-refractivity contribution in [2.75, 3.05) is 45.2 Å². The second-order valence-corrected chi connectivity index (χ2v) is 5.75. The zero-order valence-electron chi connectivity index (χ0n) is 14.0. The minimum atomic E-state index is -0.113. The maximum atomic E-state index is 14.4. The topological polar surface area (TPSA) is 18.5 Å². The molecule has 0 fully saturated rings. The molecule has 0 bridgehead atoms. The van der Waals surface area contributed by atoms with E-state index in [1.165, 1.54) is 0 Å². The van der Waals surface area contributed by atoms with E-state index in [0.717, 1.165) is 56.8 Å². The van der Waals surface area contributed by atoms with Crippen molar-refractivity contribution in [1.29, 1.82) is 0 Å². The van der Waals surface area contributed by atoms with Gasteiger partial charge >= 0.3 is 0 Å². The maximum absolute atomic E-state index is 14.4. The summed E-state index contributed by atoms with van der Waals surface area (Å²) < 4.78 is 14.4. The molecule has 3 nitrogen and oxygen atoms in total. The minimum absolute atomic E-state index is 0.113. The quantitative estimate of drug-likeness (QED) is 0.669. The maximum Gasteiger partial charge on any atom is 0.146 e. The summed E-state index contributed by atoms with van der Waals surface area (Å²) in [4.78, 5) is 4.27. The molecule has 0 saturated heterocycles. The lowest BCUT2D eigenvalue weighted by atomic mass is 10.1. The first-order valence-electron chi connectivity index (χ1n) is 7.97. The first-order chi connectivity index (χ1) is 10.1. The molecule has 0 amide bonds. The van der Waals surface area contributed by atoms with Crippen molar-refractivity contribution in [3.05, 3.63) is 29.6 Å². The summed E-state index contributed by atoms with van der Waals surface area (Å²) in [7, 11) is 4.09. The fourth-order valence-electron chi connectivity index (χ4n) is 2.27. The Morgan fingerprint density at radius 3 is 2.38 bits per heavy atom. The van der Waals surface area contributed by atoms with Crippen LogP contribution >= 0.6 is 0 Å². The van der Waals surface area contributed by atoms with Gasteiger partial charge in [0.05, 0.1) is 5.69 Å². The molecule has 0 aliphatic heterocycles. The summed E-state index contributed by atoms with van der Waals surface area (Å²) >= 11 is 0. The molecule has 0 aliphatic rings. The standard InChI is InChI=1S/C17H30FN3/c1-5-9-19-14-15-7-8-17(16(18)13-15)21(10-6-2)12-11-20(3)4/h7-8,13,19H,5-6,9-12,14H2,1-4H3. The van der Waals surface area contributed by atoms with Crippen LogP contribution in [-0.4, -0.2) is 45.2 Å². The van der Waals surface area contributed by atoms with E-state index >= 15 is 0 Å². The number of anilines is 1. The fraction of sp³-hybridized carbons (Fsp3) is 0.647. The van der Waals surface area contributed by atoms with Gasteiger partial charge in [0.2, 0.25) is 0 Å². The minimum Gasteiger partial charge on any atom is -0.368 e. The van der Waals surface area contributed by atoms with Gasteiger partial charge in [0.15, 0.2) is 0 Å². The number of rotatable bonds is 10. The fourth-order valence-corrected chi connectivity index (χ4v) is 2.27. The van der Waals surface area contributed by atoms with Crippen LogP contribution in [0, 0.1) is 5.82 Å². The highest BCUT2D eigenvalue weighted by Crippen LogP contribution is 2.21. The van der Waals surface area contributed by atoms with Crippen LogP contribution in [0.25, 0.3) is 0 Å². The Morgan fingerprint density at radius 2 is 1.81 bits per heavy atom. The molecule has 21 heavy (non-hydrogen) atoms. The summed E-state index contributed by atoms with van der Waals surface area (Å²) in [6.07, 6.45) is 2.11. The highest BCUT2D eigenvalue weighted by Gasteiger charge is 2.11. The van der Waals surface area contributed by atoms with E-state index in [2.05, 4.69) is 29.0 Å². The van der Waals surface area contributed by atoms with Gasteiger partial charge in [-0.1, -0.05) is 19.9 Å². The van der Waals surface area contributed by atoms with Crippen LogP contribution in [0.5, 0.6) is 0 Å². The van der Waals surface area contributed by atoms with Gasteiger partial charge in [-0.25, -0.2) is 4.39 Å². The molecule has 1 rings (SSSR count). The van der Waals surface area contributed by atoms with Crippen LogP contribution in [-0.2, 0) is 6.54 Å². The van der Waals surface area contributed by atoms with Crippen molar-refractivity contribution in [2.45, 2.75) is 33.2 Å². The Kier molecular flexibility index (Phi) is 8.31. The van der Waals surface area contributed by atoms with E-state index in [0.29, 0.717) is 0 Å². The Bertz CT molecular complexity index is 407. The van der Waals surface area contributed by atoms with Gasteiger partial charge in [-0.15, -0.1) is 0 Å². The van der Waals surface area contributed by atoms with E-state index in [9.17, 15) is 4.39 Å². The highest BCUT2D eigenvalue weighted by molar-refractivity contribution is 5.49. The summed E-state index contributed by atoms with van der Waals surface area (Å²) in [5.41, 5.74) is 1.73. The predicted octanol–water partition coefficient (Wildman–Crippen LogP) is 3.10. The number of halogens is 1. The van der Waals surface area contributed by atoms with E-state index in [-0.39, 0.29) is 5.82 Å². The number of benzene rings is 1. The third kappa shape index (κ3) is 6.44. The van der Waals surface area contributed by atoms with Gasteiger partial charge in [-0.2, -0.15) is 0 Å². The van der Waals surface area contributed by atoms with Crippen molar-refractivity contribution in [3.8, 4) is 0 Å². The molecule has 4 heteroatoms. The van der Waals surface area contributed by atoms with Gasteiger partial charge < -0.3 is 15.1 Å². The Hall–Kier alpha value is -1.13. The van der Waals surface area contributed by atoms with E-state index in [1.54, 1.807) is 6.07 Å². The lowest BCUT2D eigenvalue weighted by Crippen LogP contribution is -2.33. The van der Waals surface area contributed by atoms with E-state index in [4.69, 9.17) is 0 Å². The lowest BCUT2D eigenvalue weighted by Gasteiger charge is -2.26. The summed E-state index contributed by atoms with van der Waals surface area (Å²) in [5, 5.41) is 3.31. The molecule has 0 radical (unpaired) electrons. The molecule has 0 atom stereocenters. The monoisotopic (exact) mass is 295 g/mol. The Balaban J connectivity index is 2.74. The number of nitrogens with zero attached hydrogens (tertiary/aromatic N) is 2. The number of hydrogen-bond donors (Lipinski definition) is 1. The molecule has 1 N–H and O–H groups in total. The molecule has 0 aromatic heterocycles. The van der Waals surface area contributed by atoms with Crippen LogP contribution < -0.4 is 10.2 Å². The van der Waals surface area contributed by atoms with Crippen LogP contribution in [0.15, 0.2) is 18.2 Å². The van der Waals surface area contributed by atoms with Crippen LogP contribution in [0.3, 0.4) is 0 Å². The molecule has 1 aromatic rings. The first kappa shape index (κ1) is 17.9. The average Bonchev–Trinajstić information content (AvgIpc) is 2.44. The second-order valence-electron chi connectivity index (χ2n) is 5.75. The normalized spacial score (nSPS) is 11.1. The van der Waals surface area contributed by atoms with Gasteiger partial charge in [0, 0.05) is 26.2 Å². The van der Waals surface area contributed by atoms with E-state index < -0.39 is 0 Å². The van der Waals surface area contributed by atoms with E-state index in [1.807, 2.05) is 26.2 Å².